The molecule has 0 aliphatic carbocycles. The molecule has 4 aromatic carbocycles. The van der Waals surface area contributed by atoms with Crippen molar-refractivity contribution in [2.24, 2.45) is 0 Å². The molecule has 0 atom stereocenters. The number of ketones is 1. The number of allylic oxidation sites excluding steroid dienone is 2. The molecule has 0 saturated carbocycles. The first-order valence-electron chi connectivity index (χ1n) is 9.49. The third kappa shape index (κ3) is 4.53. The third-order valence-electron chi connectivity index (χ3n) is 4.57. The van der Waals surface area contributed by atoms with Crippen LogP contribution < -0.4 is 10.1 Å². The first-order valence-corrected chi connectivity index (χ1v) is 9.49. The topological polar surface area (TPSA) is 38.3 Å². The summed E-state index contributed by atoms with van der Waals surface area (Å²) in [5.41, 5.74) is 2.21. The number of fused-ring (bicyclic) bond motifs is 1. The number of benzene rings is 4. The normalized spacial score (nSPS) is 11.3. The van der Waals surface area contributed by atoms with Gasteiger partial charge in [0, 0.05) is 17.3 Å². The van der Waals surface area contributed by atoms with E-state index in [1.807, 2.05) is 91.9 Å². The molecule has 4 rings (SSSR count). The largest absolute Gasteiger partial charge is 0.455 e. The summed E-state index contributed by atoms with van der Waals surface area (Å²) in [6.45, 7) is 1.87. The third-order valence-corrected chi connectivity index (χ3v) is 4.57. The lowest BCUT2D eigenvalue weighted by Gasteiger charge is -2.14. The summed E-state index contributed by atoms with van der Waals surface area (Å²) in [6, 6.07) is 31.1. The zero-order valence-corrected chi connectivity index (χ0v) is 16.1. The van der Waals surface area contributed by atoms with Gasteiger partial charge in [-0.05, 0) is 42.0 Å². The Morgan fingerprint density at radius 2 is 1.48 bits per heavy atom. The monoisotopic (exact) mass is 379 g/mol. The zero-order chi connectivity index (χ0) is 20.1. The average Bonchev–Trinajstić information content (AvgIpc) is 2.75. The minimum absolute atomic E-state index is 0.0384. The first-order chi connectivity index (χ1) is 14.2. The minimum atomic E-state index is -0.0384. The van der Waals surface area contributed by atoms with Gasteiger partial charge in [0.15, 0.2) is 11.5 Å². The molecule has 0 fully saturated rings. The van der Waals surface area contributed by atoms with Crippen LogP contribution >= 0.6 is 0 Å². The maximum atomic E-state index is 12.4. The molecule has 0 amide bonds. The Morgan fingerprint density at radius 3 is 2.31 bits per heavy atom. The molecule has 0 unspecified atom stereocenters. The molecular formula is C26H21NO2. The van der Waals surface area contributed by atoms with Gasteiger partial charge in [0.2, 0.25) is 0 Å². The number of rotatable bonds is 6. The van der Waals surface area contributed by atoms with Crippen molar-refractivity contribution in [3.63, 3.8) is 0 Å². The van der Waals surface area contributed by atoms with Gasteiger partial charge in [0.1, 0.15) is 5.75 Å². The fourth-order valence-electron chi connectivity index (χ4n) is 3.15. The fraction of sp³-hybridized carbons (Fsp3) is 0.0385. The van der Waals surface area contributed by atoms with E-state index in [2.05, 4.69) is 17.4 Å². The molecule has 0 radical (unpaired) electrons. The Bertz CT molecular complexity index is 1180. The van der Waals surface area contributed by atoms with E-state index in [1.54, 1.807) is 6.08 Å². The van der Waals surface area contributed by atoms with Gasteiger partial charge in [-0.2, -0.15) is 0 Å². The van der Waals surface area contributed by atoms with E-state index in [0.717, 1.165) is 22.5 Å². The molecule has 1 N–H and O–H groups in total. The van der Waals surface area contributed by atoms with Gasteiger partial charge in [0.05, 0.1) is 5.69 Å². The van der Waals surface area contributed by atoms with Gasteiger partial charge < -0.3 is 10.1 Å². The Balaban J connectivity index is 1.54. The Labute approximate surface area is 170 Å². The number of anilines is 1. The number of carbonyl (C=O) groups excluding carboxylic acids is 1. The van der Waals surface area contributed by atoms with E-state index in [1.165, 1.54) is 5.39 Å². The van der Waals surface area contributed by atoms with Crippen LogP contribution in [0.1, 0.15) is 17.3 Å². The number of nitrogens with one attached hydrogen (secondary N) is 1. The number of hydrogen-bond acceptors (Lipinski definition) is 3. The van der Waals surface area contributed by atoms with Crippen LogP contribution in [0.5, 0.6) is 11.5 Å². The second-order valence-electron chi connectivity index (χ2n) is 6.79. The second-order valence-corrected chi connectivity index (χ2v) is 6.79. The molecule has 0 aliphatic rings. The Kier molecular flexibility index (Phi) is 5.39. The first kappa shape index (κ1) is 18.5. The van der Waals surface area contributed by atoms with Crippen molar-refractivity contribution in [1.29, 1.82) is 0 Å². The standard InChI is InChI=1S/C26H21NO2/c1-19(17-25(28)21-10-3-2-4-11-21)27-24-13-7-8-14-26(24)29-23-16-15-20-9-5-6-12-22(20)18-23/h2-18,27H,1H3. The lowest BCUT2D eigenvalue weighted by atomic mass is 10.1. The van der Waals surface area contributed by atoms with Crippen LogP contribution in [0.15, 0.2) is 109 Å². The molecule has 0 heterocycles. The molecule has 0 saturated heterocycles. The molecule has 0 spiro atoms. The summed E-state index contributed by atoms with van der Waals surface area (Å²) in [4.78, 5) is 12.4. The number of para-hydroxylation sites is 2. The van der Waals surface area contributed by atoms with Gasteiger partial charge in [-0.1, -0.05) is 72.8 Å². The highest BCUT2D eigenvalue weighted by molar-refractivity contribution is 6.05. The van der Waals surface area contributed by atoms with Crippen LogP contribution in [0.2, 0.25) is 0 Å². The van der Waals surface area contributed by atoms with E-state index in [9.17, 15) is 4.79 Å². The molecule has 4 aromatic rings. The quantitative estimate of drug-likeness (QED) is 0.295. The van der Waals surface area contributed by atoms with Crippen LogP contribution in [0.3, 0.4) is 0 Å². The lowest BCUT2D eigenvalue weighted by Crippen LogP contribution is -2.02. The van der Waals surface area contributed by atoms with Gasteiger partial charge in [0.25, 0.3) is 0 Å². The smallest absolute Gasteiger partial charge is 0.187 e. The molecule has 0 aliphatic heterocycles. The summed E-state index contributed by atoms with van der Waals surface area (Å²) in [5.74, 6) is 1.42. The molecule has 3 nitrogen and oxygen atoms in total. The Morgan fingerprint density at radius 1 is 0.793 bits per heavy atom. The number of carbonyl (C=O) groups is 1. The van der Waals surface area contributed by atoms with Gasteiger partial charge in [-0.3, -0.25) is 4.79 Å². The SMILES string of the molecule is CC(=CC(=O)c1ccccc1)Nc1ccccc1Oc1ccc2ccccc2c1. The lowest BCUT2D eigenvalue weighted by molar-refractivity contribution is 0.104. The van der Waals surface area contributed by atoms with Crippen molar-refractivity contribution in [2.45, 2.75) is 6.92 Å². The summed E-state index contributed by atoms with van der Waals surface area (Å²) < 4.78 is 6.13. The van der Waals surface area contributed by atoms with E-state index in [-0.39, 0.29) is 5.78 Å². The van der Waals surface area contributed by atoms with Crippen LogP contribution in [0.25, 0.3) is 10.8 Å². The van der Waals surface area contributed by atoms with Crippen LogP contribution in [-0.4, -0.2) is 5.78 Å². The van der Waals surface area contributed by atoms with E-state index in [4.69, 9.17) is 4.74 Å². The molecular weight excluding hydrogens is 358 g/mol. The highest BCUT2D eigenvalue weighted by atomic mass is 16.5. The van der Waals surface area contributed by atoms with Crippen LogP contribution in [0.4, 0.5) is 5.69 Å². The van der Waals surface area contributed by atoms with Gasteiger partial charge in [-0.25, -0.2) is 0 Å². The van der Waals surface area contributed by atoms with Crippen molar-refractivity contribution in [3.05, 3.63) is 114 Å². The fourth-order valence-corrected chi connectivity index (χ4v) is 3.15. The maximum absolute atomic E-state index is 12.4. The number of ether oxygens (including phenoxy) is 1. The highest BCUT2D eigenvalue weighted by Crippen LogP contribution is 2.31. The molecule has 3 heteroatoms. The van der Waals surface area contributed by atoms with Crippen molar-refractivity contribution in [3.8, 4) is 11.5 Å². The maximum Gasteiger partial charge on any atom is 0.187 e. The van der Waals surface area contributed by atoms with Gasteiger partial charge >= 0.3 is 0 Å². The van der Waals surface area contributed by atoms with Crippen LogP contribution in [-0.2, 0) is 0 Å². The average molecular weight is 379 g/mol. The molecule has 0 aromatic heterocycles. The van der Waals surface area contributed by atoms with Crippen molar-refractivity contribution < 1.29 is 9.53 Å². The van der Waals surface area contributed by atoms with Crippen molar-refractivity contribution >= 4 is 22.2 Å². The summed E-state index contributed by atoms with van der Waals surface area (Å²) in [7, 11) is 0. The van der Waals surface area contributed by atoms with E-state index >= 15 is 0 Å². The number of hydrogen-bond donors (Lipinski definition) is 1. The van der Waals surface area contributed by atoms with E-state index < -0.39 is 0 Å². The molecule has 29 heavy (non-hydrogen) atoms. The zero-order valence-electron chi connectivity index (χ0n) is 16.1. The summed E-state index contributed by atoms with van der Waals surface area (Å²) >= 11 is 0. The minimum Gasteiger partial charge on any atom is -0.455 e. The molecule has 142 valence electrons. The summed E-state index contributed by atoms with van der Waals surface area (Å²) in [5, 5.41) is 5.58. The predicted molar refractivity (Wildman–Crippen MR) is 119 cm³/mol. The predicted octanol–water partition coefficient (Wildman–Crippen LogP) is 6.83. The summed E-state index contributed by atoms with van der Waals surface area (Å²) in [6.07, 6.45) is 1.60. The highest BCUT2D eigenvalue weighted by Gasteiger charge is 2.07. The van der Waals surface area contributed by atoms with Crippen molar-refractivity contribution in [1.82, 2.24) is 0 Å². The van der Waals surface area contributed by atoms with Crippen LogP contribution in [0, 0.1) is 0 Å². The Hall–Kier alpha value is -3.85. The molecule has 0 bridgehead atoms. The second kappa shape index (κ2) is 8.44. The van der Waals surface area contributed by atoms with E-state index in [0.29, 0.717) is 11.3 Å². The van der Waals surface area contributed by atoms with Crippen molar-refractivity contribution in [2.75, 3.05) is 5.32 Å². The van der Waals surface area contributed by atoms with Gasteiger partial charge in [-0.15, -0.1) is 0 Å².